The van der Waals surface area contributed by atoms with E-state index in [1.807, 2.05) is 24.3 Å². The number of nitrogens with one attached hydrogen (secondary N) is 1. The summed E-state index contributed by atoms with van der Waals surface area (Å²) >= 11 is 0. The SMILES string of the molecule is COc1ccc(CN2C[C@@H](c3cc(F)ccc3F)[C@@]3(CCCC(=O)N3)C2)cc1. The fourth-order valence-corrected chi connectivity index (χ4v) is 4.64. The maximum atomic E-state index is 14.6. The molecule has 0 bridgehead atoms. The number of likely N-dealkylation sites (tertiary alicyclic amines) is 1. The zero-order valence-electron chi connectivity index (χ0n) is 15.9. The molecule has 0 radical (unpaired) electrons. The molecule has 2 aromatic carbocycles. The van der Waals surface area contributed by atoms with E-state index in [4.69, 9.17) is 4.74 Å². The van der Waals surface area contributed by atoms with Crippen molar-refractivity contribution >= 4 is 5.91 Å². The third-order valence-corrected chi connectivity index (χ3v) is 5.93. The molecule has 0 saturated carbocycles. The van der Waals surface area contributed by atoms with Crippen LogP contribution < -0.4 is 10.1 Å². The van der Waals surface area contributed by atoms with Crippen molar-refractivity contribution in [2.75, 3.05) is 20.2 Å². The average Bonchev–Trinajstić information content (AvgIpc) is 3.01. The summed E-state index contributed by atoms with van der Waals surface area (Å²) in [4.78, 5) is 14.4. The Bertz CT molecular complexity index is 871. The predicted molar refractivity (Wildman–Crippen MR) is 102 cm³/mol. The van der Waals surface area contributed by atoms with Gasteiger partial charge in [0, 0.05) is 32.0 Å². The summed E-state index contributed by atoms with van der Waals surface area (Å²) in [5.74, 6) is -0.384. The average molecular weight is 386 g/mol. The number of carbonyl (C=O) groups is 1. The van der Waals surface area contributed by atoms with Crippen molar-refractivity contribution in [2.24, 2.45) is 0 Å². The number of benzene rings is 2. The maximum absolute atomic E-state index is 14.6. The van der Waals surface area contributed by atoms with Crippen molar-refractivity contribution in [3.63, 3.8) is 0 Å². The number of rotatable bonds is 4. The molecule has 6 heteroatoms. The number of ether oxygens (including phenoxy) is 1. The molecule has 4 nitrogen and oxygen atoms in total. The van der Waals surface area contributed by atoms with Gasteiger partial charge >= 0.3 is 0 Å². The van der Waals surface area contributed by atoms with Crippen LogP contribution in [0.4, 0.5) is 8.78 Å². The first-order valence-electron chi connectivity index (χ1n) is 9.60. The van der Waals surface area contributed by atoms with Gasteiger partial charge in [0.2, 0.25) is 5.91 Å². The first-order chi connectivity index (χ1) is 13.5. The normalized spacial score (nSPS) is 25.1. The van der Waals surface area contributed by atoms with Crippen LogP contribution in [0.15, 0.2) is 42.5 Å². The van der Waals surface area contributed by atoms with Gasteiger partial charge in [0.1, 0.15) is 17.4 Å². The van der Waals surface area contributed by atoms with Crippen LogP contribution in [-0.4, -0.2) is 36.5 Å². The quantitative estimate of drug-likeness (QED) is 0.873. The molecule has 4 rings (SSSR count). The Kier molecular flexibility index (Phi) is 5.06. The number of nitrogens with zero attached hydrogens (tertiary/aromatic N) is 1. The van der Waals surface area contributed by atoms with Crippen LogP contribution >= 0.6 is 0 Å². The molecule has 28 heavy (non-hydrogen) atoms. The third-order valence-electron chi connectivity index (χ3n) is 5.93. The largest absolute Gasteiger partial charge is 0.497 e. The number of piperidine rings is 1. The van der Waals surface area contributed by atoms with Gasteiger partial charge in [0.15, 0.2) is 0 Å². The number of methoxy groups -OCH3 is 1. The second-order valence-corrected chi connectivity index (χ2v) is 7.79. The molecule has 0 aromatic heterocycles. The lowest BCUT2D eigenvalue weighted by atomic mass is 9.76. The highest BCUT2D eigenvalue weighted by atomic mass is 19.1. The molecular weight excluding hydrogens is 362 g/mol. The molecule has 2 aromatic rings. The Labute approximate surface area is 163 Å². The molecule has 148 valence electrons. The first-order valence-corrected chi connectivity index (χ1v) is 9.60. The van der Waals surface area contributed by atoms with Gasteiger partial charge in [0.05, 0.1) is 12.6 Å². The van der Waals surface area contributed by atoms with Gasteiger partial charge in [-0.1, -0.05) is 12.1 Å². The Morgan fingerprint density at radius 1 is 1.21 bits per heavy atom. The van der Waals surface area contributed by atoms with Crippen molar-refractivity contribution in [1.29, 1.82) is 0 Å². The zero-order valence-corrected chi connectivity index (χ0v) is 15.9. The summed E-state index contributed by atoms with van der Waals surface area (Å²) < 4.78 is 33.7. The van der Waals surface area contributed by atoms with Gasteiger partial charge in [-0.05, 0) is 54.3 Å². The molecule has 0 unspecified atom stereocenters. The molecule has 2 heterocycles. The molecule has 2 fully saturated rings. The fraction of sp³-hybridized carbons (Fsp3) is 0.409. The Balaban J connectivity index is 1.63. The lowest BCUT2D eigenvalue weighted by Gasteiger charge is -2.39. The summed E-state index contributed by atoms with van der Waals surface area (Å²) in [6.07, 6.45) is 2.01. The zero-order chi connectivity index (χ0) is 19.7. The van der Waals surface area contributed by atoms with E-state index >= 15 is 0 Å². The highest BCUT2D eigenvalue weighted by Crippen LogP contribution is 2.42. The molecule has 2 aliphatic heterocycles. The van der Waals surface area contributed by atoms with Gasteiger partial charge in [-0.3, -0.25) is 9.69 Å². The van der Waals surface area contributed by atoms with E-state index in [0.717, 1.165) is 30.2 Å². The minimum atomic E-state index is -0.559. The Morgan fingerprint density at radius 2 is 2.00 bits per heavy atom. The lowest BCUT2D eigenvalue weighted by Crippen LogP contribution is -2.56. The highest BCUT2D eigenvalue weighted by molar-refractivity contribution is 5.78. The van der Waals surface area contributed by atoms with E-state index in [1.54, 1.807) is 7.11 Å². The Morgan fingerprint density at radius 3 is 2.71 bits per heavy atom. The minimum absolute atomic E-state index is 0.0145. The van der Waals surface area contributed by atoms with Crippen molar-refractivity contribution in [2.45, 2.75) is 37.3 Å². The van der Waals surface area contributed by atoms with Gasteiger partial charge in [-0.15, -0.1) is 0 Å². The van der Waals surface area contributed by atoms with Crippen LogP contribution in [0.3, 0.4) is 0 Å². The van der Waals surface area contributed by atoms with Crippen LogP contribution in [-0.2, 0) is 11.3 Å². The molecule has 1 spiro atoms. The second-order valence-electron chi connectivity index (χ2n) is 7.79. The Hall–Kier alpha value is -2.47. The van der Waals surface area contributed by atoms with E-state index in [2.05, 4.69) is 10.2 Å². The highest BCUT2D eigenvalue weighted by Gasteiger charge is 2.50. The number of carbonyl (C=O) groups excluding carboxylic acids is 1. The summed E-state index contributed by atoms with van der Waals surface area (Å²) in [6, 6.07) is 11.4. The van der Waals surface area contributed by atoms with Crippen LogP contribution in [0.2, 0.25) is 0 Å². The predicted octanol–water partition coefficient (Wildman–Crippen LogP) is 3.61. The molecule has 1 amide bonds. The maximum Gasteiger partial charge on any atom is 0.220 e. The summed E-state index contributed by atoms with van der Waals surface area (Å²) in [7, 11) is 1.63. The van der Waals surface area contributed by atoms with Crippen LogP contribution in [0.5, 0.6) is 5.75 Å². The fourth-order valence-electron chi connectivity index (χ4n) is 4.64. The lowest BCUT2D eigenvalue weighted by molar-refractivity contribution is -0.125. The van der Waals surface area contributed by atoms with Gasteiger partial charge in [-0.25, -0.2) is 8.78 Å². The minimum Gasteiger partial charge on any atom is -0.497 e. The van der Waals surface area contributed by atoms with Crippen LogP contribution in [0, 0.1) is 11.6 Å². The van der Waals surface area contributed by atoms with Crippen molar-refractivity contribution in [3.05, 3.63) is 65.2 Å². The van der Waals surface area contributed by atoms with Gasteiger partial charge in [0.25, 0.3) is 0 Å². The molecule has 0 aliphatic carbocycles. The molecule has 2 saturated heterocycles. The van der Waals surface area contributed by atoms with Gasteiger partial charge < -0.3 is 10.1 Å². The third kappa shape index (κ3) is 3.61. The van der Waals surface area contributed by atoms with Crippen LogP contribution in [0.25, 0.3) is 0 Å². The monoisotopic (exact) mass is 386 g/mol. The number of amides is 1. The van der Waals surface area contributed by atoms with Crippen molar-refractivity contribution in [1.82, 2.24) is 10.2 Å². The molecule has 2 atom stereocenters. The molecule has 1 N–H and O–H groups in total. The van der Waals surface area contributed by atoms with E-state index in [1.165, 1.54) is 12.1 Å². The summed E-state index contributed by atoms with van der Waals surface area (Å²) in [5.41, 5.74) is 0.897. The van der Waals surface area contributed by atoms with Gasteiger partial charge in [-0.2, -0.15) is 0 Å². The van der Waals surface area contributed by atoms with E-state index in [9.17, 15) is 13.6 Å². The standard InChI is InChI=1S/C22H24F2N2O2/c1-28-17-7-4-15(5-8-17)12-26-13-19(18-11-16(23)6-9-20(18)24)22(14-26)10-2-3-21(27)25-22/h4-9,11,19H,2-3,10,12-14H2,1H3,(H,25,27)/t19-,22+/m0/s1. The first kappa shape index (κ1) is 18.9. The molecule has 2 aliphatic rings. The van der Waals surface area contributed by atoms with Crippen molar-refractivity contribution < 1.29 is 18.3 Å². The summed E-state index contributed by atoms with van der Waals surface area (Å²) in [6.45, 7) is 1.85. The van der Waals surface area contributed by atoms with E-state index in [-0.39, 0.29) is 11.8 Å². The van der Waals surface area contributed by atoms with Crippen molar-refractivity contribution in [3.8, 4) is 5.75 Å². The van der Waals surface area contributed by atoms with E-state index in [0.29, 0.717) is 31.6 Å². The summed E-state index contributed by atoms with van der Waals surface area (Å²) in [5, 5.41) is 3.13. The number of hydrogen-bond donors (Lipinski definition) is 1. The number of halogens is 2. The second kappa shape index (κ2) is 7.51. The number of hydrogen-bond acceptors (Lipinski definition) is 3. The topological polar surface area (TPSA) is 41.6 Å². The van der Waals surface area contributed by atoms with Crippen LogP contribution in [0.1, 0.15) is 36.3 Å². The smallest absolute Gasteiger partial charge is 0.220 e. The molecular formula is C22H24F2N2O2. The van der Waals surface area contributed by atoms with E-state index < -0.39 is 17.2 Å².